The first-order chi connectivity index (χ1) is 4.88. The van der Waals surface area contributed by atoms with Crippen molar-refractivity contribution in [1.29, 1.82) is 0 Å². The van der Waals surface area contributed by atoms with E-state index in [2.05, 4.69) is 0 Å². The van der Waals surface area contributed by atoms with Crippen molar-refractivity contribution in [2.75, 3.05) is 0 Å². The number of allylic oxidation sites excluding steroid dienone is 2. The van der Waals surface area contributed by atoms with Gasteiger partial charge in [-0.15, -0.1) is 5.76 Å². The SMILES string of the molecule is [Li+].[O-]C1=CC[C@H]2CCCC[C@H]12. The normalized spacial score (nSPS) is 35.5. The maximum atomic E-state index is 11.2. The molecule has 0 spiro atoms. The fraction of sp³-hybridized carbons (Fsp3) is 0.778. The Morgan fingerprint density at radius 3 is 2.73 bits per heavy atom. The van der Waals surface area contributed by atoms with E-state index in [0.29, 0.717) is 11.7 Å². The van der Waals surface area contributed by atoms with Crippen molar-refractivity contribution in [2.45, 2.75) is 32.1 Å². The molecule has 0 aliphatic heterocycles. The predicted octanol–water partition coefficient (Wildman–Crippen LogP) is -1.56. The van der Waals surface area contributed by atoms with Crippen LogP contribution < -0.4 is 24.0 Å². The van der Waals surface area contributed by atoms with E-state index in [4.69, 9.17) is 0 Å². The average Bonchev–Trinajstić information content (AvgIpc) is 2.34. The van der Waals surface area contributed by atoms with E-state index in [1.807, 2.05) is 6.08 Å². The molecular formula is C9H13LiO. The molecule has 2 rings (SSSR count). The summed E-state index contributed by atoms with van der Waals surface area (Å²) >= 11 is 0. The Morgan fingerprint density at radius 1 is 1.27 bits per heavy atom. The maximum Gasteiger partial charge on any atom is 1.00 e. The molecule has 1 fully saturated rings. The third kappa shape index (κ3) is 1.66. The molecule has 2 aliphatic carbocycles. The molecule has 0 aromatic carbocycles. The van der Waals surface area contributed by atoms with Gasteiger partial charge in [0.1, 0.15) is 0 Å². The Balaban J connectivity index is 0.000000605. The van der Waals surface area contributed by atoms with Crippen LogP contribution in [0.2, 0.25) is 0 Å². The predicted molar refractivity (Wildman–Crippen MR) is 38.1 cm³/mol. The smallest absolute Gasteiger partial charge is 0.875 e. The second-order valence-corrected chi connectivity index (χ2v) is 3.49. The first-order valence-corrected chi connectivity index (χ1v) is 4.25. The largest absolute Gasteiger partial charge is 1.00 e. The number of hydrogen-bond donors (Lipinski definition) is 0. The zero-order chi connectivity index (χ0) is 6.97. The topological polar surface area (TPSA) is 23.1 Å². The Hall–Kier alpha value is 0.137. The zero-order valence-electron chi connectivity index (χ0n) is 7.18. The van der Waals surface area contributed by atoms with E-state index in [9.17, 15) is 5.11 Å². The Kier molecular flexibility index (Phi) is 3.10. The van der Waals surface area contributed by atoms with Gasteiger partial charge in [-0.2, -0.15) is 0 Å². The summed E-state index contributed by atoms with van der Waals surface area (Å²) in [6.07, 6.45) is 8.07. The molecule has 2 aliphatic rings. The van der Waals surface area contributed by atoms with Gasteiger partial charge in [-0.3, -0.25) is 0 Å². The van der Waals surface area contributed by atoms with Crippen LogP contribution in [0.15, 0.2) is 11.8 Å². The fourth-order valence-electron chi connectivity index (χ4n) is 2.28. The Morgan fingerprint density at radius 2 is 2.00 bits per heavy atom. The third-order valence-electron chi connectivity index (χ3n) is 2.90. The van der Waals surface area contributed by atoms with E-state index in [-0.39, 0.29) is 18.9 Å². The summed E-state index contributed by atoms with van der Waals surface area (Å²) < 4.78 is 0. The van der Waals surface area contributed by atoms with E-state index in [1.54, 1.807) is 0 Å². The number of rotatable bonds is 0. The molecule has 1 nitrogen and oxygen atoms in total. The molecule has 1 saturated carbocycles. The number of hydrogen-bond acceptors (Lipinski definition) is 1. The average molecular weight is 144 g/mol. The summed E-state index contributed by atoms with van der Waals surface area (Å²) in [5.74, 6) is 1.61. The summed E-state index contributed by atoms with van der Waals surface area (Å²) in [6.45, 7) is 0. The molecule has 0 N–H and O–H groups in total. The Bertz CT molecular complexity index is 165. The van der Waals surface area contributed by atoms with Crippen molar-refractivity contribution >= 4 is 0 Å². The Labute approximate surface area is 80.0 Å². The monoisotopic (exact) mass is 144 g/mol. The maximum absolute atomic E-state index is 11.2. The molecule has 0 saturated heterocycles. The van der Waals surface area contributed by atoms with E-state index in [1.165, 1.54) is 25.7 Å². The van der Waals surface area contributed by atoms with Gasteiger partial charge in [-0.25, -0.2) is 0 Å². The van der Waals surface area contributed by atoms with Crippen molar-refractivity contribution in [2.24, 2.45) is 11.8 Å². The van der Waals surface area contributed by atoms with Crippen molar-refractivity contribution < 1.29 is 24.0 Å². The minimum Gasteiger partial charge on any atom is -0.875 e. The van der Waals surface area contributed by atoms with Gasteiger partial charge in [0.2, 0.25) is 0 Å². The second-order valence-electron chi connectivity index (χ2n) is 3.49. The van der Waals surface area contributed by atoms with E-state index >= 15 is 0 Å². The van der Waals surface area contributed by atoms with E-state index in [0.717, 1.165) is 12.3 Å². The molecule has 0 bridgehead atoms. The summed E-state index contributed by atoms with van der Waals surface area (Å²) in [7, 11) is 0. The minimum absolute atomic E-state index is 0. The number of fused-ring (bicyclic) bond motifs is 1. The van der Waals surface area contributed by atoms with Gasteiger partial charge in [0.05, 0.1) is 0 Å². The van der Waals surface area contributed by atoms with Crippen molar-refractivity contribution in [3.63, 3.8) is 0 Å². The van der Waals surface area contributed by atoms with Crippen LogP contribution in [0.3, 0.4) is 0 Å². The molecule has 0 aromatic rings. The van der Waals surface area contributed by atoms with Crippen LogP contribution in [-0.4, -0.2) is 0 Å². The van der Waals surface area contributed by atoms with Crippen LogP contribution >= 0.6 is 0 Å². The second kappa shape index (κ2) is 3.69. The standard InChI is InChI=1S/C9H14O.Li/c10-9-6-5-7-3-1-2-4-8(7)9;/h6-8,10H,1-5H2;/q;+1/p-1/t7-,8+;/m1./s1. The molecule has 11 heavy (non-hydrogen) atoms. The minimum atomic E-state index is 0. The summed E-state index contributed by atoms with van der Waals surface area (Å²) in [4.78, 5) is 0. The van der Waals surface area contributed by atoms with Crippen LogP contribution in [-0.2, 0) is 0 Å². The molecule has 0 radical (unpaired) electrons. The molecule has 2 heteroatoms. The van der Waals surface area contributed by atoms with Crippen LogP contribution in [0.1, 0.15) is 32.1 Å². The fourth-order valence-corrected chi connectivity index (χ4v) is 2.28. The van der Waals surface area contributed by atoms with E-state index < -0.39 is 0 Å². The van der Waals surface area contributed by atoms with Crippen molar-refractivity contribution in [3.8, 4) is 0 Å². The van der Waals surface area contributed by atoms with Gasteiger partial charge in [0.25, 0.3) is 0 Å². The molecule has 0 unspecified atom stereocenters. The first-order valence-electron chi connectivity index (χ1n) is 4.25. The van der Waals surface area contributed by atoms with Crippen LogP contribution in [0.25, 0.3) is 0 Å². The molecule has 56 valence electrons. The van der Waals surface area contributed by atoms with Crippen LogP contribution in [0, 0.1) is 11.8 Å². The molecular weight excluding hydrogens is 131 g/mol. The molecule has 0 heterocycles. The van der Waals surface area contributed by atoms with Gasteiger partial charge in [0.15, 0.2) is 0 Å². The summed E-state index contributed by atoms with van der Waals surface area (Å²) in [5, 5.41) is 11.2. The van der Waals surface area contributed by atoms with Gasteiger partial charge in [-0.05, 0) is 31.1 Å². The molecule has 0 aromatic heterocycles. The quantitative estimate of drug-likeness (QED) is 0.377. The van der Waals surface area contributed by atoms with Crippen molar-refractivity contribution in [3.05, 3.63) is 11.8 Å². The van der Waals surface area contributed by atoms with Crippen molar-refractivity contribution in [1.82, 2.24) is 0 Å². The molecule has 2 atom stereocenters. The van der Waals surface area contributed by atoms with Gasteiger partial charge in [0, 0.05) is 0 Å². The first kappa shape index (κ1) is 9.23. The summed E-state index contributed by atoms with van der Waals surface area (Å²) in [5.41, 5.74) is 0. The van der Waals surface area contributed by atoms with Crippen LogP contribution in [0.4, 0.5) is 0 Å². The zero-order valence-corrected chi connectivity index (χ0v) is 7.18. The van der Waals surface area contributed by atoms with Gasteiger partial charge < -0.3 is 5.11 Å². The van der Waals surface area contributed by atoms with Gasteiger partial charge in [-0.1, -0.05) is 18.9 Å². The third-order valence-corrected chi connectivity index (χ3v) is 2.90. The molecule has 0 amide bonds. The van der Waals surface area contributed by atoms with Crippen LogP contribution in [0.5, 0.6) is 0 Å². The van der Waals surface area contributed by atoms with Gasteiger partial charge >= 0.3 is 18.9 Å². The summed E-state index contributed by atoms with van der Waals surface area (Å²) in [6, 6.07) is 0.